The van der Waals surface area contributed by atoms with Gasteiger partial charge >= 0.3 is 0 Å². The molecule has 0 aliphatic heterocycles. The molecule has 130 valence electrons. The first-order valence-corrected chi connectivity index (χ1v) is 9.43. The van der Waals surface area contributed by atoms with Crippen molar-refractivity contribution in [1.29, 1.82) is 0 Å². The summed E-state index contributed by atoms with van der Waals surface area (Å²) in [4.78, 5) is 15.1. The van der Waals surface area contributed by atoms with Gasteiger partial charge in [0, 0.05) is 30.1 Å². The van der Waals surface area contributed by atoms with E-state index in [4.69, 9.17) is 5.73 Å². The van der Waals surface area contributed by atoms with Gasteiger partial charge in [0.25, 0.3) is 0 Å². The summed E-state index contributed by atoms with van der Waals surface area (Å²) in [6, 6.07) is 7.42. The van der Waals surface area contributed by atoms with Crippen LogP contribution in [-0.4, -0.2) is 22.9 Å². The molecule has 2 N–H and O–H groups in total. The molecule has 1 aromatic rings. The summed E-state index contributed by atoms with van der Waals surface area (Å²) in [5, 5.41) is 0. The lowest BCUT2D eigenvalue weighted by Crippen LogP contribution is -2.50. The first kappa shape index (κ1) is 16.1. The van der Waals surface area contributed by atoms with Crippen LogP contribution in [0, 0.1) is 23.6 Å². The fourth-order valence-electron chi connectivity index (χ4n) is 4.81. The maximum absolute atomic E-state index is 14.0. The minimum atomic E-state index is -0.210. The van der Waals surface area contributed by atoms with E-state index in [2.05, 4.69) is 0 Å². The van der Waals surface area contributed by atoms with Gasteiger partial charge in [0.1, 0.15) is 5.82 Å². The predicted octanol–water partition coefficient (Wildman–Crippen LogP) is 3.47. The summed E-state index contributed by atoms with van der Waals surface area (Å²) >= 11 is 0. The second-order valence-corrected chi connectivity index (χ2v) is 7.99. The van der Waals surface area contributed by atoms with Crippen molar-refractivity contribution in [2.45, 2.75) is 63.6 Å². The summed E-state index contributed by atoms with van der Waals surface area (Å²) in [5.41, 5.74) is 6.99. The molecule has 1 amide bonds. The number of benzene rings is 1. The van der Waals surface area contributed by atoms with Crippen LogP contribution in [0.4, 0.5) is 4.39 Å². The number of carbonyl (C=O) groups is 1. The van der Waals surface area contributed by atoms with Crippen LogP contribution in [0.5, 0.6) is 0 Å². The van der Waals surface area contributed by atoms with Gasteiger partial charge in [-0.2, -0.15) is 0 Å². The van der Waals surface area contributed by atoms with E-state index in [0.717, 1.165) is 38.5 Å². The standard InChI is InChI=1S/C20H27FN2O/c21-18-7-2-1-4-15(18)12-23(17-8-9-17)20(24)16-10-13-5-3-6-14(11-16)19(13)22/h1-2,4,7,13-14,16-17,19H,3,5-6,8-12,22H2. The summed E-state index contributed by atoms with van der Waals surface area (Å²) in [5.74, 6) is 1.12. The van der Waals surface area contributed by atoms with Crippen LogP contribution >= 0.6 is 0 Å². The van der Waals surface area contributed by atoms with E-state index in [0.29, 0.717) is 30.0 Å². The largest absolute Gasteiger partial charge is 0.335 e. The average Bonchev–Trinajstić information content (AvgIpc) is 3.38. The molecule has 3 nitrogen and oxygen atoms in total. The van der Waals surface area contributed by atoms with Crippen LogP contribution in [-0.2, 0) is 11.3 Å². The molecule has 24 heavy (non-hydrogen) atoms. The van der Waals surface area contributed by atoms with Crippen molar-refractivity contribution in [3.63, 3.8) is 0 Å². The minimum absolute atomic E-state index is 0.0903. The van der Waals surface area contributed by atoms with Gasteiger partial charge in [-0.3, -0.25) is 4.79 Å². The normalized spacial score (nSPS) is 32.4. The number of nitrogens with two attached hydrogens (primary N) is 1. The maximum atomic E-state index is 14.0. The Hall–Kier alpha value is -1.42. The van der Waals surface area contributed by atoms with Crippen LogP contribution in [0.25, 0.3) is 0 Å². The number of fused-ring (bicyclic) bond motifs is 2. The van der Waals surface area contributed by atoms with Crippen LogP contribution < -0.4 is 5.73 Å². The van der Waals surface area contributed by atoms with E-state index in [1.807, 2.05) is 11.0 Å². The second kappa shape index (κ2) is 6.47. The molecule has 3 fully saturated rings. The van der Waals surface area contributed by atoms with Gasteiger partial charge in [-0.05, 0) is 56.4 Å². The zero-order chi connectivity index (χ0) is 16.7. The molecular weight excluding hydrogens is 303 g/mol. The van der Waals surface area contributed by atoms with Gasteiger partial charge in [0.05, 0.1) is 0 Å². The molecule has 4 heteroatoms. The van der Waals surface area contributed by atoms with Crippen molar-refractivity contribution < 1.29 is 9.18 Å². The van der Waals surface area contributed by atoms with Gasteiger partial charge in [-0.15, -0.1) is 0 Å². The highest BCUT2D eigenvalue weighted by Gasteiger charge is 2.43. The Morgan fingerprint density at radius 1 is 1.12 bits per heavy atom. The van der Waals surface area contributed by atoms with Gasteiger partial charge in [-0.25, -0.2) is 4.39 Å². The Kier molecular flexibility index (Phi) is 4.33. The topological polar surface area (TPSA) is 46.3 Å². The third-order valence-corrected chi connectivity index (χ3v) is 6.33. The number of hydrogen-bond acceptors (Lipinski definition) is 2. The number of carbonyl (C=O) groups excluding carboxylic acids is 1. The lowest BCUT2D eigenvalue weighted by molar-refractivity contribution is -0.140. The van der Waals surface area contributed by atoms with E-state index in [-0.39, 0.29) is 23.7 Å². The molecule has 0 spiro atoms. The van der Waals surface area contributed by atoms with Crippen LogP contribution in [0.2, 0.25) is 0 Å². The lowest BCUT2D eigenvalue weighted by Gasteiger charge is -2.44. The third-order valence-electron chi connectivity index (χ3n) is 6.33. The summed E-state index contributed by atoms with van der Waals surface area (Å²) in [6.07, 6.45) is 7.55. The zero-order valence-corrected chi connectivity index (χ0v) is 14.2. The summed E-state index contributed by atoms with van der Waals surface area (Å²) in [7, 11) is 0. The van der Waals surface area contributed by atoms with Crippen LogP contribution in [0.3, 0.4) is 0 Å². The Balaban J connectivity index is 1.50. The Labute approximate surface area is 143 Å². The highest BCUT2D eigenvalue weighted by Crippen LogP contribution is 2.43. The molecule has 0 aromatic heterocycles. The fraction of sp³-hybridized carbons (Fsp3) is 0.650. The van der Waals surface area contributed by atoms with Gasteiger partial charge in [0.15, 0.2) is 0 Å². The molecule has 2 unspecified atom stereocenters. The molecule has 0 saturated heterocycles. The Morgan fingerprint density at radius 3 is 2.42 bits per heavy atom. The first-order valence-electron chi connectivity index (χ1n) is 9.43. The fourth-order valence-corrected chi connectivity index (χ4v) is 4.81. The zero-order valence-electron chi connectivity index (χ0n) is 14.2. The number of hydrogen-bond donors (Lipinski definition) is 1. The second-order valence-electron chi connectivity index (χ2n) is 7.99. The van der Waals surface area contributed by atoms with Crippen molar-refractivity contribution in [3.05, 3.63) is 35.6 Å². The molecule has 0 radical (unpaired) electrons. The SMILES string of the molecule is NC1C2CCCC1CC(C(=O)N(Cc1ccccc1F)C1CC1)C2. The molecule has 2 atom stereocenters. The van der Waals surface area contributed by atoms with Gasteiger partial charge < -0.3 is 10.6 Å². The molecule has 2 bridgehead atoms. The summed E-state index contributed by atoms with van der Waals surface area (Å²) < 4.78 is 14.0. The van der Waals surface area contributed by atoms with Crippen molar-refractivity contribution in [2.24, 2.45) is 23.5 Å². The molecule has 3 aliphatic carbocycles. The van der Waals surface area contributed by atoms with E-state index < -0.39 is 0 Å². The molecule has 3 saturated carbocycles. The van der Waals surface area contributed by atoms with E-state index >= 15 is 0 Å². The monoisotopic (exact) mass is 330 g/mol. The van der Waals surface area contributed by atoms with Crippen molar-refractivity contribution in [1.82, 2.24) is 4.90 Å². The van der Waals surface area contributed by atoms with Gasteiger partial charge in [0.2, 0.25) is 5.91 Å². The molecule has 1 aromatic carbocycles. The quantitative estimate of drug-likeness (QED) is 0.919. The number of nitrogens with zero attached hydrogens (tertiary/aromatic N) is 1. The van der Waals surface area contributed by atoms with Gasteiger partial charge in [-0.1, -0.05) is 24.6 Å². The number of rotatable bonds is 4. The third kappa shape index (κ3) is 3.08. The molecular formula is C20H27FN2O. The molecule has 0 heterocycles. The highest BCUT2D eigenvalue weighted by atomic mass is 19.1. The number of halogens is 1. The van der Waals surface area contributed by atoms with E-state index in [1.54, 1.807) is 12.1 Å². The maximum Gasteiger partial charge on any atom is 0.226 e. The van der Waals surface area contributed by atoms with Crippen molar-refractivity contribution in [3.8, 4) is 0 Å². The van der Waals surface area contributed by atoms with Crippen LogP contribution in [0.1, 0.15) is 50.5 Å². The minimum Gasteiger partial charge on any atom is -0.335 e. The van der Waals surface area contributed by atoms with Crippen molar-refractivity contribution in [2.75, 3.05) is 0 Å². The van der Waals surface area contributed by atoms with Crippen LogP contribution in [0.15, 0.2) is 24.3 Å². The predicted molar refractivity (Wildman–Crippen MR) is 91.5 cm³/mol. The van der Waals surface area contributed by atoms with E-state index in [1.165, 1.54) is 12.5 Å². The smallest absolute Gasteiger partial charge is 0.226 e. The summed E-state index contributed by atoms with van der Waals surface area (Å²) in [6.45, 7) is 0.411. The molecule has 3 aliphatic rings. The average molecular weight is 330 g/mol. The van der Waals surface area contributed by atoms with Crippen molar-refractivity contribution >= 4 is 5.91 Å². The number of amides is 1. The Morgan fingerprint density at radius 2 is 1.79 bits per heavy atom. The molecule has 4 rings (SSSR count). The Bertz CT molecular complexity index is 601. The lowest BCUT2D eigenvalue weighted by atomic mass is 9.65. The first-order chi connectivity index (χ1) is 11.6. The van der Waals surface area contributed by atoms with E-state index in [9.17, 15) is 9.18 Å². The highest BCUT2D eigenvalue weighted by molar-refractivity contribution is 5.79.